The molecule has 0 fully saturated rings. The van der Waals surface area contributed by atoms with E-state index in [1.807, 2.05) is 0 Å². The van der Waals surface area contributed by atoms with Crippen molar-refractivity contribution in [1.29, 1.82) is 0 Å². The molecule has 0 saturated carbocycles. The van der Waals surface area contributed by atoms with Crippen LogP contribution in [-0.4, -0.2) is 0 Å². The van der Waals surface area contributed by atoms with Crippen molar-refractivity contribution in [3.05, 3.63) is 120 Å². The molecule has 0 aliphatic carbocycles. The van der Waals surface area contributed by atoms with Crippen LogP contribution in [0.1, 0.15) is 11.1 Å². The summed E-state index contributed by atoms with van der Waals surface area (Å²) in [6.07, 6.45) is 4.37. The van der Waals surface area contributed by atoms with Gasteiger partial charge in [0.25, 0.3) is 0 Å². The topological polar surface area (TPSA) is 0 Å². The third-order valence-electron chi connectivity index (χ3n) is 4.41. The Bertz CT molecular complexity index is 932. The highest BCUT2D eigenvalue weighted by atomic mass is 31.1. The molecule has 0 saturated heterocycles. The van der Waals surface area contributed by atoms with E-state index in [4.69, 9.17) is 0 Å². The quantitative estimate of drug-likeness (QED) is 0.314. The molecule has 0 nitrogen and oxygen atoms in total. The zero-order valence-corrected chi connectivity index (χ0v) is 17.5. The minimum absolute atomic E-state index is 0.711. The molecular formula is C26H22P2. The van der Waals surface area contributed by atoms with Crippen molar-refractivity contribution in [1.82, 2.24) is 0 Å². The van der Waals surface area contributed by atoms with Gasteiger partial charge in [-0.3, -0.25) is 0 Å². The van der Waals surface area contributed by atoms with Crippen molar-refractivity contribution >= 4 is 50.5 Å². The molecule has 0 N–H and O–H groups in total. The Kier molecular flexibility index (Phi) is 6.46. The second-order valence-electron chi connectivity index (χ2n) is 6.56. The Hall–Kier alpha value is -2.52. The van der Waals surface area contributed by atoms with Gasteiger partial charge in [0.05, 0.1) is 0 Å². The minimum atomic E-state index is 0.711. The highest BCUT2D eigenvalue weighted by Crippen LogP contribution is 2.14. The van der Waals surface area contributed by atoms with Crippen molar-refractivity contribution in [3.63, 3.8) is 0 Å². The van der Waals surface area contributed by atoms with Crippen LogP contribution in [0.3, 0.4) is 0 Å². The Labute approximate surface area is 170 Å². The number of rotatable bonds is 6. The van der Waals surface area contributed by atoms with E-state index in [1.165, 1.54) is 32.3 Å². The van der Waals surface area contributed by atoms with Crippen molar-refractivity contribution in [3.8, 4) is 0 Å². The van der Waals surface area contributed by atoms with Gasteiger partial charge in [-0.1, -0.05) is 139 Å². The van der Waals surface area contributed by atoms with Gasteiger partial charge in [0, 0.05) is 0 Å². The van der Waals surface area contributed by atoms with Crippen LogP contribution in [0, 0.1) is 0 Å². The predicted octanol–water partition coefficient (Wildman–Crippen LogP) is 5.12. The monoisotopic (exact) mass is 396 g/mol. The molecule has 0 amide bonds. The largest absolute Gasteiger partial charge is 0.0622 e. The Morgan fingerprint density at radius 3 is 1.04 bits per heavy atom. The van der Waals surface area contributed by atoms with E-state index >= 15 is 0 Å². The van der Waals surface area contributed by atoms with Gasteiger partial charge in [0.2, 0.25) is 0 Å². The molecule has 2 unspecified atom stereocenters. The maximum atomic E-state index is 2.23. The maximum absolute atomic E-state index is 2.23. The molecule has 0 aliphatic heterocycles. The van der Waals surface area contributed by atoms with Crippen molar-refractivity contribution in [2.45, 2.75) is 0 Å². The predicted molar refractivity (Wildman–Crippen MR) is 130 cm³/mol. The molecule has 0 radical (unpaired) electrons. The normalized spacial score (nSPS) is 11.9. The Balaban J connectivity index is 1.37. The zero-order valence-electron chi connectivity index (χ0n) is 15.5. The van der Waals surface area contributed by atoms with E-state index in [-0.39, 0.29) is 0 Å². The number of benzene rings is 4. The molecule has 0 heterocycles. The molecular weight excluding hydrogens is 374 g/mol. The average molecular weight is 396 g/mol. The summed E-state index contributed by atoms with van der Waals surface area (Å²) in [6, 6.07) is 39.0. The van der Waals surface area contributed by atoms with Gasteiger partial charge < -0.3 is 0 Å². The van der Waals surface area contributed by atoms with Gasteiger partial charge in [0.1, 0.15) is 0 Å². The molecule has 4 rings (SSSR count). The lowest BCUT2D eigenvalue weighted by Gasteiger charge is -2.03. The van der Waals surface area contributed by atoms with E-state index < -0.39 is 0 Å². The highest BCUT2D eigenvalue weighted by Gasteiger charge is 1.97. The van der Waals surface area contributed by atoms with Gasteiger partial charge in [-0.2, -0.15) is 0 Å². The van der Waals surface area contributed by atoms with Crippen LogP contribution in [0.4, 0.5) is 0 Å². The number of hydrogen-bond donors (Lipinski definition) is 0. The fourth-order valence-corrected chi connectivity index (χ4v) is 4.98. The standard InChI is InChI=1S/C26H22P2/c1-3-7-23(8-4-1)27-25-17-13-21(14-18-25)11-12-22-15-19-26(20-16-22)28-24-9-5-2-6-10-24/h1-20,27-28H/b12-11+. The van der Waals surface area contributed by atoms with E-state index in [9.17, 15) is 0 Å². The van der Waals surface area contributed by atoms with Crippen LogP contribution >= 0.6 is 17.2 Å². The van der Waals surface area contributed by atoms with Crippen LogP contribution in [-0.2, 0) is 0 Å². The molecule has 0 aromatic heterocycles. The van der Waals surface area contributed by atoms with Crippen molar-refractivity contribution in [2.24, 2.45) is 0 Å². The lowest BCUT2D eigenvalue weighted by molar-refractivity contribution is 1.68. The van der Waals surface area contributed by atoms with E-state index in [0.29, 0.717) is 17.2 Å². The molecule has 0 aliphatic rings. The SMILES string of the molecule is C(=C\c1ccc(Pc2ccccc2)cc1)/c1ccc(Pc2ccccc2)cc1. The highest BCUT2D eigenvalue weighted by molar-refractivity contribution is 7.55. The molecule has 4 aromatic rings. The summed E-state index contributed by atoms with van der Waals surface area (Å²) in [5.41, 5.74) is 2.47. The molecule has 0 bridgehead atoms. The first kappa shape index (κ1) is 18.8. The van der Waals surface area contributed by atoms with Gasteiger partial charge in [-0.15, -0.1) is 0 Å². The van der Waals surface area contributed by atoms with E-state index in [0.717, 1.165) is 0 Å². The fourth-order valence-electron chi connectivity index (χ4n) is 2.92. The Morgan fingerprint density at radius 2 is 0.679 bits per heavy atom. The van der Waals surface area contributed by atoms with Crippen LogP contribution < -0.4 is 21.2 Å². The van der Waals surface area contributed by atoms with Crippen LogP contribution in [0.15, 0.2) is 109 Å². The third-order valence-corrected chi connectivity index (χ3v) is 6.90. The second kappa shape index (κ2) is 9.61. The summed E-state index contributed by atoms with van der Waals surface area (Å²) in [7, 11) is 1.42. The fraction of sp³-hybridized carbons (Fsp3) is 0. The van der Waals surface area contributed by atoms with E-state index in [1.54, 1.807) is 0 Å². The first-order valence-corrected chi connectivity index (χ1v) is 11.4. The summed E-state index contributed by atoms with van der Waals surface area (Å²) in [4.78, 5) is 0. The molecule has 2 atom stereocenters. The van der Waals surface area contributed by atoms with Gasteiger partial charge in [-0.25, -0.2) is 0 Å². The Morgan fingerprint density at radius 1 is 0.357 bits per heavy atom. The summed E-state index contributed by atoms with van der Waals surface area (Å²) >= 11 is 0. The molecule has 0 spiro atoms. The first-order valence-electron chi connectivity index (χ1n) is 9.37. The van der Waals surface area contributed by atoms with Crippen LogP contribution in [0.25, 0.3) is 12.2 Å². The summed E-state index contributed by atoms with van der Waals surface area (Å²) < 4.78 is 0. The first-order chi connectivity index (χ1) is 13.8. The number of hydrogen-bond acceptors (Lipinski definition) is 0. The molecule has 28 heavy (non-hydrogen) atoms. The van der Waals surface area contributed by atoms with Gasteiger partial charge in [0.15, 0.2) is 0 Å². The lowest BCUT2D eigenvalue weighted by atomic mass is 10.1. The summed E-state index contributed by atoms with van der Waals surface area (Å²) in [5, 5.41) is 5.49. The molecule has 4 aromatic carbocycles. The maximum Gasteiger partial charge on any atom is -0.0226 e. The average Bonchev–Trinajstić information content (AvgIpc) is 2.76. The van der Waals surface area contributed by atoms with E-state index in [2.05, 4.69) is 121 Å². The second-order valence-corrected chi connectivity index (χ2v) is 9.37. The van der Waals surface area contributed by atoms with Crippen molar-refractivity contribution in [2.75, 3.05) is 0 Å². The smallest absolute Gasteiger partial charge is 0.0226 e. The minimum Gasteiger partial charge on any atom is -0.0622 e. The summed E-state index contributed by atoms with van der Waals surface area (Å²) in [6.45, 7) is 0. The zero-order chi connectivity index (χ0) is 19.0. The third kappa shape index (κ3) is 5.49. The van der Waals surface area contributed by atoms with Crippen LogP contribution in [0.2, 0.25) is 0 Å². The molecule has 2 heteroatoms. The van der Waals surface area contributed by atoms with Crippen LogP contribution in [0.5, 0.6) is 0 Å². The van der Waals surface area contributed by atoms with Crippen molar-refractivity contribution < 1.29 is 0 Å². The molecule has 136 valence electrons. The summed E-state index contributed by atoms with van der Waals surface area (Å²) in [5.74, 6) is 0. The van der Waals surface area contributed by atoms with Gasteiger partial charge in [-0.05, 0) is 32.3 Å². The lowest BCUT2D eigenvalue weighted by Crippen LogP contribution is -2.02. The van der Waals surface area contributed by atoms with Gasteiger partial charge >= 0.3 is 0 Å².